The van der Waals surface area contributed by atoms with Crippen molar-refractivity contribution < 1.29 is 13.9 Å². The highest BCUT2D eigenvalue weighted by Gasteiger charge is 2.21. The van der Waals surface area contributed by atoms with Crippen molar-refractivity contribution >= 4 is 5.91 Å². The summed E-state index contributed by atoms with van der Waals surface area (Å²) in [6.45, 7) is 1.29. The van der Waals surface area contributed by atoms with E-state index in [0.717, 1.165) is 17.7 Å². The van der Waals surface area contributed by atoms with Crippen LogP contribution in [-0.2, 0) is 0 Å². The van der Waals surface area contributed by atoms with Crippen molar-refractivity contribution in [2.75, 3.05) is 13.2 Å². The number of furan rings is 1. The number of fused-ring (bicyclic) bond motifs is 1. The van der Waals surface area contributed by atoms with Gasteiger partial charge in [-0.15, -0.1) is 0 Å². The number of para-hydroxylation sites is 1. The molecule has 1 unspecified atom stereocenters. The van der Waals surface area contributed by atoms with Crippen LogP contribution in [-0.4, -0.2) is 19.1 Å². The molecular weight excluding hydrogens is 242 g/mol. The zero-order valence-corrected chi connectivity index (χ0v) is 10.5. The van der Waals surface area contributed by atoms with E-state index in [-0.39, 0.29) is 5.91 Å². The van der Waals surface area contributed by atoms with E-state index in [2.05, 4.69) is 11.4 Å². The standard InChI is InChI=1S/C15H15NO3/c17-15(14-6-3-8-18-14)16-10-11-7-9-19-13-5-2-1-4-12(11)13/h1-6,8,11H,7,9-10H2,(H,16,17). The van der Waals surface area contributed by atoms with Crippen LogP contribution in [0.25, 0.3) is 0 Å². The highest BCUT2D eigenvalue weighted by atomic mass is 16.5. The largest absolute Gasteiger partial charge is 0.493 e. The lowest BCUT2D eigenvalue weighted by Crippen LogP contribution is -2.30. The van der Waals surface area contributed by atoms with Crippen molar-refractivity contribution in [1.29, 1.82) is 0 Å². The number of rotatable bonds is 3. The maximum absolute atomic E-state index is 11.8. The van der Waals surface area contributed by atoms with Gasteiger partial charge in [-0.2, -0.15) is 0 Å². The fourth-order valence-corrected chi connectivity index (χ4v) is 2.34. The number of benzene rings is 1. The molecule has 0 spiro atoms. The van der Waals surface area contributed by atoms with Gasteiger partial charge in [-0.25, -0.2) is 0 Å². The summed E-state index contributed by atoms with van der Waals surface area (Å²) in [5, 5.41) is 2.91. The minimum absolute atomic E-state index is 0.172. The van der Waals surface area contributed by atoms with Gasteiger partial charge in [0, 0.05) is 12.5 Å². The fraction of sp³-hybridized carbons (Fsp3) is 0.267. The normalized spacial score (nSPS) is 17.4. The second-order valence-corrected chi connectivity index (χ2v) is 4.56. The first-order valence-electron chi connectivity index (χ1n) is 6.38. The number of ether oxygens (including phenoxy) is 1. The van der Waals surface area contributed by atoms with E-state index >= 15 is 0 Å². The van der Waals surface area contributed by atoms with Gasteiger partial charge in [0.25, 0.3) is 5.91 Å². The highest BCUT2D eigenvalue weighted by Crippen LogP contribution is 2.32. The Bertz CT molecular complexity index is 563. The van der Waals surface area contributed by atoms with E-state index in [1.807, 2.05) is 18.2 Å². The van der Waals surface area contributed by atoms with Gasteiger partial charge in [0.2, 0.25) is 0 Å². The third-order valence-electron chi connectivity index (χ3n) is 3.34. The molecule has 0 aliphatic carbocycles. The van der Waals surface area contributed by atoms with E-state index in [1.54, 1.807) is 12.1 Å². The van der Waals surface area contributed by atoms with Crippen LogP contribution in [0, 0.1) is 0 Å². The molecule has 1 aromatic heterocycles. The minimum atomic E-state index is -0.172. The summed E-state index contributed by atoms with van der Waals surface area (Å²) in [5.74, 6) is 1.39. The van der Waals surface area contributed by atoms with Crippen LogP contribution in [0.1, 0.15) is 28.5 Å². The topological polar surface area (TPSA) is 51.5 Å². The van der Waals surface area contributed by atoms with Crippen LogP contribution in [0.4, 0.5) is 0 Å². The van der Waals surface area contributed by atoms with Crippen molar-refractivity contribution in [3.8, 4) is 5.75 Å². The zero-order valence-electron chi connectivity index (χ0n) is 10.5. The Kier molecular flexibility index (Phi) is 3.23. The van der Waals surface area contributed by atoms with Crippen molar-refractivity contribution in [3.05, 3.63) is 54.0 Å². The Morgan fingerprint density at radius 2 is 2.16 bits per heavy atom. The molecule has 0 bridgehead atoms. The van der Waals surface area contributed by atoms with Gasteiger partial charge in [0.15, 0.2) is 5.76 Å². The summed E-state index contributed by atoms with van der Waals surface area (Å²) in [7, 11) is 0. The maximum atomic E-state index is 11.8. The van der Waals surface area contributed by atoms with Gasteiger partial charge in [0.1, 0.15) is 5.75 Å². The molecule has 98 valence electrons. The zero-order chi connectivity index (χ0) is 13.1. The smallest absolute Gasteiger partial charge is 0.286 e. The summed E-state index contributed by atoms with van der Waals surface area (Å²) in [6, 6.07) is 11.3. The number of hydrogen-bond acceptors (Lipinski definition) is 3. The molecule has 1 aliphatic heterocycles. The average Bonchev–Trinajstić information content (AvgIpc) is 2.99. The first-order valence-corrected chi connectivity index (χ1v) is 6.38. The summed E-state index contributed by atoms with van der Waals surface area (Å²) < 4.78 is 10.7. The minimum Gasteiger partial charge on any atom is -0.493 e. The third kappa shape index (κ3) is 2.47. The van der Waals surface area contributed by atoms with Crippen LogP contribution in [0.2, 0.25) is 0 Å². The Labute approximate surface area is 111 Å². The molecule has 19 heavy (non-hydrogen) atoms. The molecule has 0 saturated carbocycles. The summed E-state index contributed by atoms with van der Waals surface area (Å²) in [4.78, 5) is 11.8. The summed E-state index contributed by atoms with van der Waals surface area (Å²) >= 11 is 0. The maximum Gasteiger partial charge on any atom is 0.286 e. The van der Waals surface area contributed by atoms with Crippen LogP contribution < -0.4 is 10.1 Å². The molecule has 3 rings (SSSR count). The van der Waals surface area contributed by atoms with E-state index in [4.69, 9.17) is 9.15 Å². The Morgan fingerprint density at radius 3 is 3.00 bits per heavy atom. The second kappa shape index (κ2) is 5.18. The van der Waals surface area contributed by atoms with Crippen molar-refractivity contribution in [2.45, 2.75) is 12.3 Å². The number of carbonyl (C=O) groups excluding carboxylic acids is 1. The molecular formula is C15H15NO3. The number of hydrogen-bond donors (Lipinski definition) is 1. The Hall–Kier alpha value is -2.23. The van der Waals surface area contributed by atoms with Gasteiger partial charge in [-0.3, -0.25) is 4.79 Å². The average molecular weight is 257 g/mol. The molecule has 1 aliphatic rings. The van der Waals surface area contributed by atoms with Crippen LogP contribution in [0.3, 0.4) is 0 Å². The lowest BCUT2D eigenvalue weighted by molar-refractivity contribution is 0.0920. The molecule has 4 nitrogen and oxygen atoms in total. The molecule has 4 heteroatoms. The highest BCUT2D eigenvalue weighted by molar-refractivity contribution is 5.91. The Balaban J connectivity index is 1.67. The predicted molar refractivity (Wildman–Crippen MR) is 70.3 cm³/mol. The van der Waals surface area contributed by atoms with Crippen LogP contribution in [0.5, 0.6) is 5.75 Å². The van der Waals surface area contributed by atoms with Gasteiger partial charge < -0.3 is 14.5 Å². The van der Waals surface area contributed by atoms with Crippen LogP contribution >= 0.6 is 0 Å². The molecule has 2 aromatic rings. The number of nitrogens with one attached hydrogen (secondary N) is 1. The van der Waals surface area contributed by atoms with Crippen molar-refractivity contribution in [3.63, 3.8) is 0 Å². The third-order valence-corrected chi connectivity index (χ3v) is 3.34. The molecule has 0 radical (unpaired) electrons. The monoisotopic (exact) mass is 257 g/mol. The predicted octanol–water partition coefficient (Wildman–Crippen LogP) is 2.58. The Morgan fingerprint density at radius 1 is 1.26 bits per heavy atom. The van der Waals surface area contributed by atoms with Crippen molar-refractivity contribution in [1.82, 2.24) is 5.32 Å². The SMILES string of the molecule is O=C(NCC1CCOc2ccccc21)c1ccco1. The molecule has 0 fully saturated rings. The van der Waals surface area contributed by atoms with E-state index < -0.39 is 0 Å². The van der Waals surface area contributed by atoms with E-state index in [0.29, 0.717) is 24.8 Å². The lowest BCUT2D eigenvalue weighted by atomic mass is 9.93. The van der Waals surface area contributed by atoms with E-state index in [1.165, 1.54) is 6.26 Å². The van der Waals surface area contributed by atoms with Crippen LogP contribution in [0.15, 0.2) is 47.1 Å². The molecule has 1 atom stereocenters. The molecule has 1 amide bonds. The molecule has 1 N–H and O–H groups in total. The fourth-order valence-electron chi connectivity index (χ4n) is 2.34. The molecule has 2 heterocycles. The second-order valence-electron chi connectivity index (χ2n) is 4.56. The molecule has 0 saturated heterocycles. The first kappa shape index (κ1) is 11.8. The van der Waals surface area contributed by atoms with Gasteiger partial charge in [0.05, 0.1) is 12.9 Å². The quantitative estimate of drug-likeness (QED) is 0.919. The summed E-state index contributed by atoms with van der Waals surface area (Å²) in [6.07, 6.45) is 2.41. The lowest BCUT2D eigenvalue weighted by Gasteiger charge is -2.25. The number of carbonyl (C=O) groups is 1. The molecule has 1 aromatic carbocycles. The summed E-state index contributed by atoms with van der Waals surface area (Å²) in [5.41, 5.74) is 1.16. The van der Waals surface area contributed by atoms with E-state index in [9.17, 15) is 4.79 Å². The first-order chi connectivity index (χ1) is 9.34. The number of amides is 1. The van der Waals surface area contributed by atoms with Gasteiger partial charge in [-0.1, -0.05) is 18.2 Å². The van der Waals surface area contributed by atoms with Gasteiger partial charge >= 0.3 is 0 Å². The van der Waals surface area contributed by atoms with Gasteiger partial charge in [-0.05, 0) is 30.2 Å². The van der Waals surface area contributed by atoms with Crippen molar-refractivity contribution in [2.24, 2.45) is 0 Å².